The summed E-state index contributed by atoms with van der Waals surface area (Å²) in [5, 5.41) is 0. The molecule has 0 amide bonds. The fraction of sp³-hybridized carbons (Fsp3) is 0.938. The van der Waals surface area contributed by atoms with E-state index in [2.05, 4.69) is 0 Å². The maximum Gasteiger partial charge on any atom is 0.132 e. The molecule has 5 nitrogen and oxygen atoms in total. The van der Waals surface area contributed by atoms with E-state index in [0.717, 1.165) is 12.8 Å². The van der Waals surface area contributed by atoms with Crippen molar-refractivity contribution in [1.82, 2.24) is 0 Å². The lowest BCUT2D eigenvalue weighted by molar-refractivity contribution is -0.126. The van der Waals surface area contributed by atoms with E-state index in [1.54, 1.807) is 0 Å². The molecule has 0 saturated heterocycles. The van der Waals surface area contributed by atoms with Gasteiger partial charge in [0, 0.05) is 31.5 Å². The number of carbonyl (C=O) groups excluding carboxylic acids is 1. The maximum atomic E-state index is 11.5. The molecule has 0 N–H and O–H groups in total. The zero-order chi connectivity index (χ0) is 15.4. The van der Waals surface area contributed by atoms with Crippen LogP contribution < -0.4 is 0 Å². The van der Waals surface area contributed by atoms with Crippen molar-refractivity contribution >= 4 is 5.78 Å². The lowest BCUT2D eigenvalue weighted by atomic mass is 9.75. The van der Waals surface area contributed by atoms with E-state index in [1.807, 2.05) is 13.8 Å². The smallest absolute Gasteiger partial charge is 0.132 e. The molecule has 5 heteroatoms. The minimum absolute atomic E-state index is 0.0215. The molecule has 0 radical (unpaired) electrons. The monoisotopic (exact) mass is 302 g/mol. The van der Waals surface area contributed by atoms with Crippen LogP contribution in [0.25, 0.3) is 0 Å². The molecule has 1 fully saturated rings. The highest BCUT2D eigenvalue weighted by Crippen LogP contribution is 2.35. The molecule has 0 spiro atoms. The topological polar surface area (TPSA) is 54.0 Å². The SMILES string of the molecule is CCOCCOCC1(COCCOCC)CCC(=O)CC1. The lowest BCUT2D eigenvalue weighted by Crippen LogP contribution is -2.37. The summed E-state index contributed by atoms with van der Waals surface area (Å²) in [6, 6.07) is 0. The molecule has 0 aliphatic heterocycles. The third kappa shape index (κ3) is 7.90. The van der Waals surface area contributed by atoms with Crippen LogP contribution in [-0.2, 0) is 23.7 Å². The maximum absolute atomic E-state index is 11.5. The second kappa shape index (κ2) is 11.1. The first kappa shape index (κ1) is 18.6. The Hall–Kier alpha value is -0.490. The summed E-state index contributed by atoms with van der Waals surface area (Å²) in [4.78, 5) is 11.5. The minimum Gasteiger partial charge on any atom is -0.379 e. The van der Waals surface area contributed by atoms with Crippen molar-refractivity contribution in [3.8, 4) is 0 Å². The van der Waals surface area contributed by atoms with E-state index >= 15 is 0 Å². The van der Waals surface area contributed by atoms with Gasteiger partial charge in [-0.1, -0.05) is 0 Å². The summed E-state index contributed by atoms with van der Waals surface area (Å²) >= 11 is 0. The Bertz CT molecular complexity index is 254. The Morgan fingerprint density at radius 1 is 0.810 bits per heavy atom. The molecule has 0 heterocycles. The van der Waals surface area contributed by atoms with Gasteiger partial charge in [0.25, 0.3) is 0 Å². The molecule has 0 aromatic carbocycles. The van der Waals surface area contributed by atoms with Crippen LogP contribution in [0.2, 0.25) is 0 Å². The summed E-state index contributed by atoms with van der Waals surface area (Å²) in [5.41, 5.74) is -0.0215. The molecule has 0 aromatic rings. The van der Waals surface area contributed by atoms with Gasteiger partial charge in [-0.2, -0.15) is 0 Å². The summed E-state index contributed by atoms with van der Waals surface area (Å²) < 4.78 is 22.0. The molecule has 0 unspecified atom stereocenters. The normalized spacial score (nSPS) is 18.1. The van der Waals surface area contributed by atoms with E-state index in [9.17, 15) is 4.79 Å². The van der Waals surface area contributed by atoms with Crippen LogP contribution in [-0.4, -0.2) is 58.6 Å². The number of rotatable bonds is 12. The van der Waals surface area contributed by atoms with Crippen molar-refractivity contribution in [2.75, 3.05) is 52.9 Å². The predicted octanol–water partition coefficient (Wildman–Crippen LogP) is 2.22. The Kier molecular flexibility index (Phi) is 9.83. The van der Waals surface area contributed by atoms with E-state index in [0.29, 0.717) is 71.5 Å². The van der Waals surface area contributed by atoms with Gasteiger partial charge in [0.1, 0.15) is 5.78 Å². The lowest BCUT2D eigenvalue weighted by Gasteiger charge is -2.36. The zero-order valence-electron chi connectivity index (χ0n) is 13.5. The van der Waals surface area contributed by atoms with Crippen LogP contribution >= 0.6 is 0 Å². The van der Waals surface area contributed by atoms with Crippen LogP contribution in [0.5, 0.6) is 0 Å². The van der Waals surface area contributed by atoms with Gasteiger partial charge in [0.2, 0.25) is 0 Å². The number of ketones is 1. The molecule has 0 bridgehead atoms. The average molecular weight is 302 g/mol. The molecule has 21 heavy (non-hydrogen) atoms. The molecule has 1 aliphatic carbocycles. The zero-order valence-corrected chi connectivity index (χ0v) is 13.5. The van der Waals surface area contributed by atoms with Crippen molar-refractivity contribution in [1.29, 1.82) is 0 Å². The van der Waals surface area contributed by atoms with Crippen molar-refractivity contribution in [3.63, 3.8) is 0 Å². The first-order valence-electron chi connectivity index (χ1n) is 8.05. The van der Waals surface area contributed by atoms with Gasteiger partial charge in [0.15, 0.2) is 0 Å². The Balaban J connectivity index is 2.30. The first-order valence-corrected chi connectivity index (χ1v) is 8.05. The number of hydrogen-bond donors (Lipinski definition) is 0. The average Bonchev–Trinajstić information content (AvgIpc) is 2.50. The molecular weight excluding hydrogens is 272 g/mol. The first-order chi connectivity index (χ1) is 10.2. The Labute approximate surface area is 128 Å². The predicted molar refractivity (Wildman–Crippen MR) is 80.5 cm³/mol. The van der Waals surface area contributed by atoms with Crippen molar-refractivity contribution in [2.45, 2.75) is 39.5 Å². The Morgan fingerprint density at radius 2 is 1.24 bits per heavy atom. The third-order valence-corrected chi connectivity index (χ3v) is 3.84. The fourth-order valence-corrected chi connectivity index (χ4v) is 2.49. The molecule has 0 atom stereocenters. The van der Waals surface area contributed by atoms with Crippen LogP contribution in [0.3, 0.4) is 0 Å². The van der Waals surface area contributed by atoms with E-state index in [1.165, 1.54) is 0 Å². The third-order valence-electron chi connectivity index (χ3n) is 3.84. The van der Waals surface area contributed by atoms with Crippen LogP contribution in [0, 0.1) is 5.41 Å². The second-order valence-corrected chi connectivity index (χ2v) is 5.54. The number of carbonyl (C=O) groups is 1. The van der Waals surface area contributed by atoms with Gasteiger partial charge < -0.3 is 18.9 Å². The highest BCUT2D eigenvalue weighted by molar-refractivity contribution is 5.79. The summed E-state index contributed by atoms with van der Waals surface area (Å²) in [6.07, 6.45) is 3.00. The highest BCUT2D eigenvalue weighted by atomic mass is 16.5. The summed E-state index contributed by atoms with van der Waals surface area (Å²) in [6.45, 7) is 9.09. The molecule has 124 valence electrons. The van der Waals surface area contributed by atoms with Crippen LogP contribution in [0.1, 0.15) is 39.5 Å². The van der Waals surface area contributed by atoms with E-state index in [-0.39, 0.29) is 5.41 Å². The second-order valence-electron chi connectivity index (χ2n) is 5.54. The quantitative estimate of drug-likeness (QED) is 0.517. The standard InChI is InChI=1S/C16H30O5/c1-3-18-9-11-20-13-16(7-5-15(17)6-8-16)14-21-12-10-19-4-2/h3-14H2,1-2H3. The van der Waals surface area contributed by atoms with Gasteiger partial charge in [-0.15, -0.1) is 0 Å². The molecule has 1 aliphatic rings. The van der Waals surface area contributed by atoms with Gasteiger partial charge in [-0.05, 0) is 26.7 Å². The number of Topliss-reactive ketones (excluding diaryl/α,β-unsaturated/α-hetero) is 1. The van der Waals surface area contributed by atoms with E-state index < -0.39 is 0 Å². The van der Waals surface area contributed by atoms with Gasteiger partial charge in [-0.25, -0.2) is 0 Å². The molecule has 1 rings (SSSR count). The van der Waals surface area contributed by atoms with Crippen LogP contribution in [0.4, 0.5) is 0 Å². The molecule has 0 aromatic heterocycles. The summed E-state index contributed by atoms with van der Waals surface area (Å²) in [5.74, 6) is 0.356. The minimum atomic E-state index is -0.0215. The van der Waals surface area contributed by atoms with Crippen molar-refractivity contribution < 1.29 is 23.7 Å². The number of ether oxygens (including phenoxy) is 4. The van der Waals surface area contributed by atoms with Gasteiger partial charge in [0.05, 0.1) is 39.6 Å². The number of hydrogen-bond acceptors (Lipinski definition) is 5. The fourth-order valence-electron chi connectivity index (χ4n) is 2.49. The highest BCUT2D eigenvalue weighted by Gasteiger charge is 2.35. The largest absolute Gasteiger partial charge is 0.379 e. The molecular formula is C16H30O5. The van der Waals surface area contributed by atoms with Gasteiger partial charge in [-0.3, -0.25) is 4.79 Å². The van der Waals surface area contributed by atoms with E-state index in [4.69, 9.17) is 18.9 Å². The van der Waals surface area contributed by atoms with Crippen molar-refractivity contribution in [3.05, 3.63) is 0 Å². The molecule has 1 saturated carbocycles. The van der Waals surface area contributed by atoms with Gasteiger partial charge >= 0.3 is 0 Å². The summed E-state index contributed by atoms with van der Waals surface area (Å²) in [7, 11) is 0. The van der Waals surface area contributed by atoms with Crippen LogP contribution in [0.15, 0.2) is 0 Å². The van der Waals surface area contributed by atoms with Crippen molar-refractivity contribution in [2.24, 2.45) is 5.41 Å². The Morgan fingerprint density at radius 3 is 1.67 bits per heavy atom.